The molecule has 1 fully saturated rings. The van der Waals surface area contributed by atoms with E-state index in [1.165, 1.54) is 6.08 Å². The van der Waals surface area contributed by atoms with E-state index < -0.39 is 14.4 Å². The summed E-state index contributed by atoms with van der Waals surface area (Å²) < 4.78 is 10.7. The van der Waals surface area contributed by atoms with E-state index in [2.05, 4.69) is 40.8 Å². The van der Waals surface area contributed by atoms with Gasteiger partial charge in [-0.05, 0) is 42.6 Å². The van der Waals surface area contributed by atoms with Gasteiger partial charge in [-0.2, -0.15) is 0 Å². The minimum atomic E-state index is -1.76. The Labute approximate surface area is 140 Å². The first-order chi connectivity index (χ1) is 10.5. The van der Waals surface area contributed by atoms with Gasteiger partial charge in [0.1, 0.15) is 6.61 Å². The molecule has 0 aliphatic carbocycles. The lowest BCUT2D eigenvalue weighted by Gasteiger charge is -2.35. The lowest BCUT2D eigenvalue weighted by atomic mass is 10.1. The Balaban J connectivity index is 2.40. The SMILES string of the molecule is C[C@H](/C=C/O[Si](C)(C)C(C)(C)C)C/C=C\C(=O)N1CCOC1=O. The fourth-order valence-electron chi connectivity index (χ4n) is 1.67. The van der Waals surface area contributed by atoms with Crippen LogP contribution in [0.25, 0.3) is 0 Å². The molecule has 1 saturated heterocycles. The van der Waals surface area contributed by atoms with Crippen LogP contribution in [-0.4, -0.2) is 38.4 Å². The molecule has 23 heavy (non-hydrogen) atoms. The second kappa shape index (κ2) is 7.81. The van der Waals surface area contributed by atoms with E-state index in [9.17, 15) is 9.59 Å². The van der Waals surface area contributed by atoms with Crippen LogP contribution < -0.4 is 0 Å². The topological polar surface area (TPSA) is 55.8 Å². The summed E-state index contributed by atoms with van der Waals surface area (Å²) >= 11 is 0. The molecule has 0 N–H and O–H groups in total. The monoisotopic (exact) mass is 339 g/mol. The van der Waals surface area contributed by atoms with Gasteiger partial charge >= 0.3 is 6.09 Å². The van der Waals surface area contributed by atoms with Gasteiger partial charge in [-0.3, -0.25) is 4.79 Å². The molecule has 0 saturated carbocycles. The predicted octanol–water partition coefficient (Wildman–Crippen LogP) is 4.08. The number of imide groups is 1. The van der Waals surface area contributed by atoms with Gasteiger partial charge in [0, 0.05) is 0 Å². The third kappa shape index (κ3) is 5.86. The maximum absolute atomic E-state index is 11.8. The Morgan fingerprint density at radius 1 is 1.43 bits per heavy atom. The van der Waals surface area contributed by atoms with Crippen LogP contribution in [0, 0.1) is 5.92 Å². The number of nitrogens with zero attached hydrogens (tertiary/aromatic N) is 1. The van der Waals surface area contributed by atoms with Gasteiger partial charge in [0.2, 0.25) is 8.32 Å². The quantitative estimate of drug-likeness (QED) is 0.415. The Kier molecular flexibility index (Phi) is 6.62. The van der Waals surface area contributed by atoms with Crippen molar-refractivity contribution in [2.75, 3.05) is 13.2 Å². The molecule has 2 amide bonds. The molecule has 1 heterocycles. The standard InChI is InChI=1S/C17H29NO4Si/c1-14(10-12-22-23(5,6)17(2,3)4)8-7-9-15(19)18-11-13-21-16(18)20/h7,9-10,12,14H,8,11,13H2,1-6H3/b9-7-,12-10+/t14-/m0/s1. The molecule has 0 radical (unpaired) electrons. The minimum absolute atomic E-state index is 0.178. The molecule has 130 valence electrons. The number of amides is 2. The molecule has 1 atom stereocenters. The summed E-state index contributed by atoms with van der Waals surface area (Å²) in [5.41, 5.74) is 0. The second-order valence-electron chi connectivity index (χ2n) is 7.43. The van der Waals surface area contributed by atoms with Gasteiger partial charge in [-0.25, -0.2) is 9.69 Å². The van der Waals surface area contributed by atoms with E-state index in [-0.39, 0.29) is 23.5 Å². The zero-order chi connectivity index (χ0) is 17.7. The second-order valence-corrected chi connectivity index (χ2v) is 12.2. The average molecular weight is 340 g/mol. The first-order valence-electron chi connectivity index (χ1n) is 8.04. The summed E-state index contributed by atoms with van der Waals surface area (Å²) in [5, 5.41) is 0.178. The van der Waals surface area contributed by atoms with Gasteiger partial charge in [0.25, 0.3) is 5.91 Å². The van der Waals surface area contributed by atoms with E-state index in [1.807, 2.05) is 6.08 Å². The highest BCUT2D eigenvalue weighted by Crippen LogP contribution is 2.36. The van der Waals surface area contributed by atoms with Crippen molar-refractivity contribution < 1.29 is 18.8 Å². The van der Waals surface area contributed by atoms with Gasteiger partial charge in [-0.1, -0.05) is 33.8 Å². The first kappa shape index (κ1) is 19.5. The number of ether oxygens (including phenoxy) is 1. The zero-order valence-corrected chi connectivity index (χ0v) is 16.1. The molecule has 1 aliphatic rings. The highest BCUT2D eigenvalue weighted by atomic mass is 28.4. The number of rotatable bonds is 6. The average Bonchev–Trinajstić information content (AvgIpc) is 2.83. The predicted molar refractivity (Wildman–Crippen MR) is 93.4 cm³/mol. The normalized spacial score (nSPS) is 17.8. The number of carbonyl (C=O) groups excluding carboxylic acids is 2. The van der Waals surface area contributed by atoms with E-state index in [4.69, 9.17) is 9.16 Å². The Morgan fingerprint density at radius 3 is 2.61 bits per heavy atom. The van der Waals surface area contributed by atoms with Crippen LogP contribution >= 0.6 is 0 Å². The summed E-state index contributed by atoms with van der Waals surface area (Å²) in [5.74, 6) is -0.0597. The highest BCUT2D eigenvalue weighted by molar-refractivity contribution is 6.74. The van der Waals surface area contributed by atoms with Crippen LogP contribution in [0.3, 0.4) is 0 Å². The van der Waals surface area contributed by atoms with Crippen molar-refractivity contribution in [3.05, 3.63) is 24.5 Å². The van der Waals surface area contributed by atoms with Crippen molar-refractivity contribution in [2.45, 2.75) is 52.2 Å². The van der Waals surface area contributed by atoms with Crippen molar-refractivity contribution >= 4 is 20.3 Å². The smallest absolute Gasteiger partial charge is 0.416 e. The van der Waals surface area contributed by atoms with Crippen LogP contribution in [0.5, 0.6) is 0 Å². The molecular weight excluding hydrogens is 310 g/mol. The van der Waals surface area contributed by atoms with E-state index in [0.717, 1.165) is 4.90 Å². The van der Waals surface area contributed by atoms with Gasteiger partial charge in [-0.15, -0.1) is 0 Å². The molecule has 5 nitrogen and oxygen atoms in total. The molecule has 0 unspecified atom stereocenters. The van der Waals surface area contributed by atoms with Crippen molar-refractivity contribution in [2.24, 2.45) is 5.92 Å². The van der Waals surface area contributed by atoms with E-state index >= 15 is 0 Å². The number of cyclic esters (lactones) is 1. The van der Waals surface area contributed by atoms with Crippen LogP contribution in [0.4, 0.5) is 4.79 Å². The fraction of sp³-hybridized carbons (Fsp3) is 0.647. The Morgan fingerprint density at radius 2 is 2.09 bits per heavy atom. The van der Waals surface area contributed by atoms with Crippen LogP contribution in [0.15, 0.2) is 24.5 Å². The number of hydrogen-bond acceptors (Lipinski definition) is 4. The zero-order valence-electron chi connectivity index (χ0n) is 15.1. The number of hydrogen-bond donors (Lipinski definition) is 0. The molecule has 0 aromatic heterocycles. The summed E-state index contributed by atoms with van der Waals surface area (Å²) in [6.45, 7) is 13.7. The van der Waals surface area contributed by atoms with Crippen LogP contribution in [0.2, 0.25) is 18.1 Å². The number of carbonyl (C=O) groups is 2. The molecular formula is C17H29NO4Si. The molecule has 0 spiro atoms. The maximum Gasteiger partial charge on any atom is 0.416 e. The molecule has 0 aromatic rings. The summed E-state index contributed by atoms with van der Waals surface area (Å²) in [7, 11) is -1.76. The van der Waals surface area contributed by atoms with Crippen LogP contribution in [-0.2, 0) is 14.0 Å². The summed E-state index contributed by atoms with van der Waals surface area (Å²) in [4.78, 5) is 24.2. The van der Waals surface area contributed by atoms with Crippen LogP contribution in [0.1, 0.15) is 34.1 Å². The minimum Gasteiger partial charge on any atom is -0.549 e. The fourth-order valence-corrected chi connectivity index (χ4v) is 2.44. The number of allylic oxidation sites excluding steroid dienone is 2. The largest absolute Gasteiger partial charge is 0.549 e. The summed E-state index contributed by atoms with van der Waals surface area (Å²) in [6.07, 6.45) is 7.19. The van der Waals surface area contributed by atoms with E-state index in [0.29, 0.717) is 13.0 Å². The third-order valence-electron chi connectivity index (χ3n) is 4.37. The molecule has 0 aromatic carbocycles. The Bertz CT molecular complexity index is 491. The summed E-state index contributed by atoms with van der Waals surface area (Å²) in [6, 6.07) is 0. The van der Waals surface area contributed by atoms with Crippen molar-refractivity contribution in [1.82, 2.24) is 4.90 Å². The highest BCUT2D eigenvalue weighted by Gasteiger charge is 2.37. The Hall–Kier alpha value is -1.56. The van der Waals surface area contributed by atoms with Crippen molar-refractivity contribution in [3.63, 3.8) is 0 Å². The molecule has 1 rings (SSSR count). The maximum atomic E-state index is 11.8. The van der Waals surface area contributed by atoms with Crippen molar-refractivity contribution in [1.29, 1.82) is 0 Å². The van der Waals surface area contributed by atoms with Gasteiger partial charge in [0.05, 0.1) is 12.8 Å². The third-order valence-corrected chi connectivity index (χ3v) is 8.71. The lowest BCUT2D eigenvalue weighted by molar-refractivity contribution is -0.122. The lowest BCUT2D eigenvalue weighted by Crippen LogP contribution is -2.39. The van der Waals surface area contributed by atoms with Crippen molar-refractivity contribution in [3.8, 4) is 0 Å². The molecule has 0 bridgehead atoms. The first-order valence-corrected chi connectivity index (χ1v) is 10.9. The van der Waals surface area contributed by atoms with Gasteiger partial charge < -0.3 is 9.16 Å². The van der Waals surface area contributed by atoms with E-state index in [1.54, 1.807) is 12.3 Å². The van der Waals surface area contributed by atoms with Gasteiger partial charge in [0.15, 0.2) is 0 Å². The molecule has 1 aliphatic heterocycles. The molecule has 6 heteroatoms.